The summed E-state index contributed by atoms with van der Waals surface area (Å²) in [4.78, 5) is 14.4. The average Bonchev–Trinajstić information content (AvgIpc) is 3.13. The van der Waals surface area contributed by atoms with Crippen LogP contribution in [0.15, 0.2) is 23.1 Å². The summed E-state index contributed by atoms with van der Waals surface area (Å²) in [5.41, 5.74) is 0. The SMILES string of the molecule is COc1ccc(OC)c(S(=O)(=O)N[C@H](C(=O)N2CCCC2)C(C)C)c1. The van der Waals surface area contributed by atoms with Crippen LogP contribution in [0, 0.1) is 5.92 Å². The topological polar surface area (TPSA) is 84.9 Å². The Labute approximate surface area is 149 Å². The summed E-state index contributed by atoms with van der Waals surface area (Å²) in [7, 11) is -1.10. The number of likely N-dealkylation sites (tertiary alicyclic amines) is 1. The second-order valence-corrected chi connectivity index (χ2v) is 8.07. The van der Waals surface area contributed by atoms with Crippen molar-refractivity contribution in [1.82, 2.24) is 9.62 Å². The molecule has 2 rings (SSSR count). The minimum atomic E-state index is -3.96. The maximum atomic E-state index is 12.9. The third-order valence-corrected chi connectivity index (χ3v) is 5.76. The zero-order chi connectivity index (χ0) is 18.6. The molecule has 0 unspecified atom stereocenters. The summed E-state index contributed by atoms with van der Waals surface area (Å²) in [5.74, 6) is 0.231. The van der Waals surface area contributed by atoms with Crippen molar-refractivity contribution in [1.29, 1.82) is 0 Å². The highest BCUT2D eigenvalue weighted by molar-refractivity contribution is 7.89. The van der Waals surface area contributed by atoms with Gasteiger partial charge in [-0.2, -0.15) is 4.72 Å². The molecule has 8 heteroatoms. The minimum absolute atomic E-state index is 0.0470. The summed E-state index contributed by atoms with van der Waals surface area (Å²) in [6.07, 6.45) is 1.90. The average molecular weight is 370 g/mol. The van der Waals surface area contributed by atoms with Crippen LogP contribution in [0.2, 0.25) is 0 Å². The van der Waals surface area contributed by atoms with Crippen LogP contribution in [-0.2, 0) is 14.8 Å². The Bertz CT molecular complexity index is 712. The molecular weight excluding hydrogens is 344 g/mol. The molecule has 1 saturated heterocycles. The second-order valence-electron chi connectivity index (χ2n) is 6.39. The molecule has 25 heavy (non-hydrogen) atoms. The number of sulfonamides is 1. The molecule has 1 fully saturated rings. The van der Waals surface area contributed by atoms with Crippen LogP contribution in [0.5, 0.6) is 11.5 Å². The second kappa shape index (κ2) is 8.05. The highest BCUT2D eigenvalue weighted by Gasteiger charge is 2.33. The Kier molecular flexibility index (Phi) is 6.29. The van der Waals surface area contributed by atoms with Crippen molar-refractivity contribution in [3.05, 3.63) is 18.2 Å². The summed E-state index contributed by atoms with van der Waals surface area (Å²) in [6, 6.07) is 3.71. The maximum absolute atomic E-state index is 12.9. The first kappa shape index (κ1) is 19.5. The number of nitrogens with one attached hydrogen (secondary N) is 1. The van der Waals surface area contributed by atoms with Crippen molar-refractivity contribution in [3.8, 4) is 11.5 Å². The molecule has 0 bridgehead atoms. The van der Waals surface area contributed by atoms with Gasteiger partial charge in [-0.15, -0.1) is 0 Å². The van der Waals surface area contributed by atoms with Gasteiger partial charge in [0.2, 0.25) is 15.9 Å². The lowest BCUT2D eigenvalue weighted by Gasteiger charge is -2.26. The van der Waals surface area contributed by atoms with Gasteiger partial charge < -0.3 is 14.4 Å². The number of rotatable bonds is 7. The number of benzene rings is 1. The smallest absolute Gasteiger partial charge is 0.245 e. The summed E-state index contributed by atoms with van der Waals surface area (Å²) < 4.78 is 38.6. The molecule has 0 spiro atoms. The first-order valence-corrected chi connectivity index (χ1v) is 9.81. The van der Waals surface area contributed by atoms with Crippen molar-refractivity contribution >= 4 is 15.9 Å². The summed E-state index contributed by atoms with van der Waals surface area (Å²) >= 11 is 0. The van der Waals surface area contributed by atoms with Crippen LogP contribution >= 0.6 is 0 Å². The molecule has 1 N–H and O–H groups in total. The Hall–Kier alpha value is -1.80. The molecule has 1 amide bonds. The molecule has 1 aromatic rings. The fraction of sp³-hybridized carbons (Fsp3) is 0.588. The quantitative estimate of drug-likeness (QED) is 0.788. The van der Waals surface area contributed by atoms with Gasteiger partial charge in [-0.3, -0.25) is 4.79 Å². The van der Waals surface area contributed by atoms with E-state index < -0.39 is 16.1 Å². The largest absolute Gasteiger partial charge is 0.497 e. The molecule has 1 atom stereocenters. The highest BCUT2D eigenvalue weighted by Crippen LogP contribution is 2.28. The van der Waals surface area contributed by atoms with E-state index in [2.05, 4.69) is 4.72 Å². The van der Waals surface area contributed by atoms with Crippen molar-refractivity contribution in [3.63, 3.8) is 0 Å². The zero-order valence-corrected chi connectivity index (χ0v) is 15.9. The molecule has 1 aromatic carbocycles. The van der Waals surface area contributed by atoms with E-state index in [1.54, 1.807) is 11.0 Å². The van der Waals surface area contributed by atoms with Crippen LogP contribution in [0.4, 0.5) is 0 Å². The number of carbonyl (C=O) groups is 1. The predicted octanol–water partition coefficient (Wildman–Crippen LogP) is 1.63. The van der Waals surface area contributed by atoms with Crippen LogP contribution in [0.3, 0.4) is 0 Å². The van der Waals surface area contributed by atoms with Gasteiger partial charge >= 0.3 is 0 Å². The van der Waals surface area contributed by atoms with Gasteiger partial charge in [0, 0.05) is 19.2 Å². The third-order valence-electron chi connectivity index (χ3n) is 4.29. The van der Waals surface area contributed by atoms with E-state index in [4.69, 9.17) is 9.47 Å². The molecule has 7 nitrogen and oxygen atoms in total. The summed E-state index contributed by atoms with van der Waals surface area (Å²) in [5, 5.41) is 0. The monoisotopic (exact) mass is 370 g/mol. The lowest BCUT2D eigenvalue weighted by atomic mass is 10.0. The van der Waals surface area contributed by atoms with E-state index >= 15 is 0 Å². The molecular formula is C17H26N2O5S. The van der Waals surface area contributed by atoms with Gasteiger partial charge in [-0.05, 0) is 30.9 Å². The maximum Gasteiger partial charge on any atom is 0.245 e. The zero-order valence-electron chi connectivity index (χ0n) is 15.1. The molecule has 1 aliphatic heterocycles. The van der Waals surface area contributed by atoms with Gasteiger partial charge in [-0.1, -0.05) is 13.8 Å². The number of nitrogens with zero attached hydrogens (tertiary/aromatic N) is 1. The van der Waals surface area contributed by atoms with Gasteiger partial charge in [0.1, 0.15) is 22.4 Å². The fourth-order valence-electron chi connectivity index (χ4n) is 2.83. The highest BCUT2D eigenvalue weighted by atomic mass is 32.2. The lowest BCUT2D eigenvalue weighted by Crippen LogP contribution is -2.50. The number of methoxy groups -OCH3 is 2. The van der Waals surface area contributed by atoms with E-state index in [-0.39, 0.29) is 22.5 Å². The Morgan fingerprint density at radius 1 is 1.16 bits per heavy atom. The van der Waals surface area contributed by atoms with Gasteiger partial charge in [0.05, 0.1) is 14.2 Å². The van der Waals surface area contributed by atoms with Crippen LogP contribution < -0.4 is 14.2 Å². The van der Waals surface area contributed by atoms with Gasteiger partial charge in [0.15, 0.2) is 0 Å². The lowest BCUT2D eigenvalue weighted by molar-refractivity contribution is -0.132. The third kappa shape index (κ3) is 4.43. The molecule has 0 radical (unpaired) electrons. The minimum Gasteiger partial charge on any atom is -0.497 e. The van der Waals surface area contributed by atoms with E-state index in [9.17, 15) is 13.2 Å². The first-order valence-electron chi connectivity index (χ1n) is 8.33. The Morgan fingerprint density at radius 3 is 2.32 bits per heavy atom. The van der Waals surface area contributed by atoms with Gasteiger partial charge in [-0.25, -0.2) is 8.42 Å². The molecule has 0 aliphatic carbocycles. The molecule has 1 aliphatic rings. The van der Waals surface area contributed by atoms with Crippen molar-refractivity contribution in [2.75, 3.05) is 27.3 Å². The predicted molar refractivity (Wildman–Crippen MR) is 94.3 cm³/mol. The Balaban J connectivity index is 2.32. The van der Waals surface area contributed by atoms with E-state index in [0.29, 0.717) is 18.8 Å². The molecule has 140 valence electrons. The molecule has 1 heterocycles. The number of carbonyl (C=O) groups excluding carboxylic acids is 1. The van der Waals surface area contributed by atoms with Crippen LogP contribution in [0.1, 0.15) is 26.7 Å². The van der Waals surface area contributed by atoms with Crippen molar-refractivity contribution < 1.29 is 22.7 Å². The molecule has 0 saturated carbocycles. The standard InChI is InChI=1S/C17H26N2O5S/c1-12(2)16(17(20)19-9-5-6-10-19)18-25(21,22)15-11-13(23-3)7-8-14(15)24-4/h7-8,11-12,16,18H,5-6,9-10H2,1-4H3/t16-/m0/s1. The number of hydrogen-bond donors (Lipinski definition) is 1. The summed E-state index contributed by atoms with van der Waals surface area (Å²) in [6.45, 7) is 4.99. The van der Waals surface area contributed by atoms with E-state index in [1.807, 2.05) is 13.8 Å². The Morgan fingerprint density at radius 2 is 1.80 bits per heavy atom. The van der Waals surface area contributed by atoms with Crippen molar-refractivity contribution in [2.45, 2.75) is 37.6 Å². The molecule has 0 aromatic heterocycles. The van der Waals surface area contributed by atoms with Crippen molar-refractivity contribution in [2.24, 2.45) is 5.92 Å². The number of ether oxygens (including phenoxy) is 2. The number of hydrogen-bond acceptors (Lipinski definition) is 5. The van der Waals surface area contributed by atoms with Crippen LogP contribution in [-0.4, -0.2) is 52.6 Å². The van der Waals surface area contributed by atoms with E-state index in [0.717, 1.165) is 12.8 Å². The van der Waals surface area contributed by atoms with Crippen LogP contribution in [0.25, 0.3) is 0 Å². The van der Waals surface area contributed by atoms with E-state index in [1.165, 1.54) is 26.4 Å². The van der Waals surface area contributed by atoms with Gasteiger partial charge in [0.25, 0.3) is 0 Å². The fourth-order valence-corrected chi connectivity index (χ4v) is 4.35. The first-order chi connectivity index (χ1) is 11.8. The number of amides is 1. The normalized spacial score (nSPS) is 16.1.